The van der Waals surface area contributed by atoms with Gasteiger partial charge in [0.15, 0.2) is 0 Å². The fourth-order valence-electron chi connectivity index (χ4n) is 1.33. The van der Waals surface area contributed by atoms with E-state index in [9.17, 15) is 4.79 Å². The summed E-state index contributed by atoms with van der Waals surface area (Å²) in [7, 11) is 0. The van der Waals surface area contributed by atoms with Gasteiger partial charge in [-0.1, -0.05) is 17.9 Å². The molecule has 0 saturated heterocycles. The molecule has 0 aromatic heterocycles. The summed E-state index contributed by atoms with van der Waals surface area (Å²) in [5.41, 5.74) is 2.39. The Hall–Kier alpha value is -1.99. The number of carbonyl (C=O) groups is 1. The summed E-state index contributed by atoms with van der Waals surface area (Å²) in [6, 6.07) is 5.30. The number of aryl methyl sites for hydroxylation is 1. The second-order valence-corrected chi connectivity index (χ2v) is 3.49. The van der Waals surface area contributed by atoms with Gasteiger partial charge in [0.05, 0.1) is 5.69 Å². The number of rotatable bonds is 2. The second kappa shape index (κ2) is 6.56. The zero-order valence-corrected chi connectivity index (χ0v) is 10.0. The number of carbonyl (C=O) groups excluding carboxylic acids is 1. The highest BCUT2D eigenvalue weighted by molar-refractivity contribution is 5.90. The third kappa shape index (κ3) is 4.17. The fourth-order valence-corrected chi connectivity index (χ4v) is 1.33. The van der Waals surface area contributed by atoms with E-state index < -0.39 is 0 Å². The molecular weight excluding hydrogens is 216 g/mol. The molecular formula is C13H16N2O2. The first kappa shape index (κ1) is 13.1. The van der Waals surface area contributed by atoms with Gasteiger partial charge in [-0.25, -0.2) is 4.79 Å². The Bertz CT molecular complexity index is 458. The molecule has 4 heteroatoms. The zero-order valence-electron chi connectivity index (χ0n) is 10.0. The Labute approximate surface area is 101 Å². The van der Waals surface area contributed by atoms with Crippen LogP contribution in [-0.4, -0.2) is 24.3 Å². The van der Waals surface area contributed by atoms with E-state index in [0.29, 0.717) is 17.8 Å². The lowest BCUT2D eigenvalue weighted by molar-refractivity contribution is 0.252. The zero-order chi connectivity index (χ0) is 12.7. The van der Waals surface area contributed by atoms with Crippen molar-refractivity contribution in [2.75, 3.05) is 18.5 Å². The number of hydrogen-bond acceptors (Lipinski definition) is 2. The quantitative estimate of drug-likeness (QED) is 0.676. The lowest BCUT2D eigenvalue weighted by Gasteiger charge is -2.08. The minimum Gasteiger partial charge on any atom is -0.384 e. The van der Waals surface area contributed by atoms with Gasteiger partial charge in [0.2, 0.25) is 0 Å². The molecule has 0 heterocycles. The van der Waals surface area contributed by atoms with Gasteiger partial charge in [-0.15, -0.1) is 0 Å². The van der Waals surface area contributed by atoms with E-state index in [2.05, 4.69) is 22.5 Å². The van der Waals surface area contributed by atoms with Crippen molar-refractivity contribution in [2.24, 2.45) is 0 Å². The number of hydrogen-bond donors (Lipinski definition) is 3. The monoisotopic (exact) mass is 232 g/mol. The maximum Gasteiger partial charge on any atom is 0.319 e. The third-order valence-corrected chi connectivity index (χ3v) is 2.06. The van der Waals surface area contributed by atoms with E-state index >= 15 is 0 Å². The van der Waals surface area contributed by atoms with Crippen LogP contribution in [0.2, 0.25) is 0 Å². The molecule has 0 bridgehead atoms. The average Bonchev–Trinajstić information content (AvgIpc) is 2.30. The normalized spacial score (nSPS) is 9.12. The minimum absolute atomic E-state index is 0.200. The Balaban J connectivity index is 2.94. The number of amides is 2. The summed E-state index contributed by atoms with van der Waals surface area (Å²) < 4.78 is 0. The first-order valence-electron chi connectivity index (χ1n) is 5.42. The SMILES string of the molecule is CCNC(=O)Nc1ccc(C)cc1C#CCO. The predicted octanol–water partition coefficient (Wildman–Crippen LogP) is 1.48. The van der Waals surface area contributed by atoms with Crippen molar-refractivity contribution >= 4 is 11.7 Å². The summed E-state index contributed by atoms with van der Waals surface area (Å²) in [5.74, 6) is 5.38. The molecule has 1 rings (SSSR count). The standard InChI is InChI=1S/C13H16N2O2/c1-3-14-13(17)15-12-7-6-10(2)9-11(12)5-4-8-16/h6-7,9,16H,3,8H2,1-2H3,(H2,14,15,17). The molecule has 3 N–H and O–H groups in total. The highest BCUT2D eigenvalue weighted by Gasteiger charge is 2.04. The lowest BCUT2D eigenvalue weighted by Crippen LogP contribution is -2.28. The Morgan fingerprint density at radius 2 is 2.24 bits per heavy atom. The van der Waals surface area contributed by atoms with Crippen LogP contribution in [0.3, 0.4) is 0 Å². The topological polar surface area (TPSA) is 61.4 Å². The number of benzene rings is 1. The number of nitrogens with one attached hydrogen (secondary N) is 2. The van der Waals surface area contributed by atoms with Gasteiger partial charge in [0.1, 0.15) is 6.61 Å². The summed E-state index contributed by atoms with van der Waals surface area (Å²) in [6.07, 6.45) is 0. The van der Waals surface area contributed by atoms with Crippen molar-refractivity contribution in [2.45, 2.75) is 13.8 Å². The maximum absolute atomic E-state index is 11.4. The van der Waals surface area contributed by atoms with Gasteiger partial charge in [0.25, 0.3) is 0 Å². The van der Waals surface area contributed by atoms with Crippen LogP contribution in [-0.2, 0) is 0 Å². The van der Waals surface area contributed by atoms with E-state index in [1.807, 2.05) is 26.0 Å². The average molecular weight is 232 g/mol. The van der Waals surface area contributed by atoms with Crippen LogP contribution < -0.4 is 10.6 Å². The number of aliphatic hydroxyl groups excluding tert-OH is 1. The maximum atomic E-state index is 11.4. The number of urea groups is 1. The molecule has 0 radical (unpaired) electrons. The molecule has 0 atom stereocenters. The molecule has 0 aliphatic carbocycles. The summed E-state index contributed by atoms with van der Waals surface area (Å²) in [5, 5.41) is 14.0. The van der Waals surface area contributed by atoms with Gasteiger partial charge in [-0.2, -0.15) is 0 Å². The van der Waals surface area contributed by atoms with E-state index in [4.69, 9.17) is 5.11 Å². The first-order chi connectivity index (χ1) is 8.17. The largest absolute Gasteiger partial charge is 0.384 e. The van der Waals surface area contributed by atoms with Crippen molar-refractivity contribution < 1.29 is 9.90 Å². The molecule has 2 amide bonds. The van der Waals surface area contributed by atoms with Gasteiger partial charge in [-0.3, -0.25) is 0 Å². The van der Waals surface area contributed by atoms with Gasteiger partial charge >= 0.3 is 6.03 Å². The number of aliphatic hydroxyl groups is 1. The number of anilines is 1. The van der Waals surface area contributed by atoms with E-state index in [0.717, 1.165) is 5.56 Å². The fraction of sp³-hybridized carbons (Fsp3) is 0.308. The molecule has 0 fully saturated rings. The molecule has 17 heavy (non-hydrogen) atoms. The van der Waals surface area contributed by atoms with Crippen molar-refractivity contribution in [3.05, 3.63) is 29.3 Å². The van der Waals surface area contributed by atoms with Crippen molar-refractivity contribution in [1.82, 2.24) is 5.32 Å². The highest BCUT2D eigenvalue weighted by Crippen LogP contribution is 2.16. The van der Waals surface area contributed by atoms with Crippen molar-refractivity contribution in [3.8, 4) is 11.8 Å². The summed E-state index contributed by atoms with van der Waals surface area (Å²) >= 11 is 0. The predicted molar refractivity (Wildman–Crippen MR) is 67.8 cm³/mol. The lowest BCUT2D eigenvalue weighted by atomic mass is 10.1. The smallest absolute Gasteiger partial charge is 0.319 e. The van der Waals surface area contributed by atoms with E-state index in [1.54, 1.807) is 6.07 Å². The van der Waals surface area contributed by atoms with Crippen molar-refractivity contribution in [3.63, 3.8) is 0 Å². The van der Waals surface area contributed by atoms with Crippen LogP contribution in [0.15, 0.2) is 18.2 Å². The van der Waals surface area contributed by atoms with Crippen LogP contribution >= 0.6 is 0 Å². The molecule has 0 aliphatic heterocycles. The highest BCUT2D eigenvalue weighted by atomic mass is 16.2. The van der Waals surface area contributed by atoms with Crippen LogP contribution in [0, 0.1) is 18.8 Å². The van der Waals surface area contributed by atoms with Crippen LogP contribution in [0.5, 0.6) is 0 Å². The molecule has 1 aromatic rings. The second-order valence-electron chi connectivity index (χ2n) is 3.49. The Morgan fingerprint density at radius 3 is 2.88 bits per heavy atom. The molecule has 0 unspecified atom stereocenters. The Morgan fingerprint density at radius 1 is 1.47 bits per heavy atom. The van der Waals surface area contributed by atoms with Gasteiger partial charge < -0.3 is 15.7 Å². The molecule has 0 saturated carbocycles. The summed E-state index contributed by atoms with van der Waals surface area (Å²) in [6.45, 7) is 4.16. The molecule has 90 valence electrons. The molecule has 1 aromatic carbocycles. The van der Waals surface area contributed by atoms with Crippen molar-refractivity contribution in [1.29, 1.82) is 0 Å². The van der Waals surface area contributed by atoms with Crippen LogP contribution in [0.25, 0.3) is 0 Å². The minimum atomic E-state index is -0.261. The van der Waals surface area contributed by atoms with Gasteiger partial charge in [0, 0.05) is 12.1 Å². The van der Waals surface area contributed by atoms with Crippen LogP contribution in [0.1, 0.15) is 18.1 Å². The molecule has 0 aliphatic rings. The summed E-state index contributed by atoms with van der Waals surface area (Å²) in [4.78, 5) is 11.4. The third-order valence-electron chi connectivity index (χ3n) is 2.06. The molecule has 0 spiro atoms. The van der Waals surface area contributed by atoms with Crippen LogP contribution in [0.4, 0.5) is 10.5 Å². The Kier molecular flexibility index (Phi) is 5.05. The molecule has 4 nitrogen and oxygen atoms in total. The van der Waals surface area contributed by atoms with E-state index in [-0.39, 0.29) is 12.6 Å². The van der Waals surface area contributed by atoms with Gasteiger partial charge in [-0.05, 0) is 31.5 Å². The van der Waals surface area contributed by atoms with E-state index in [1.165, 1.54) is 0 Å². The first-order valence-corrected chi connectivity index (χ1v) is 5.42.